The molecule has 2 aliphatic heterocycles. The number of unbranched alkanes of at least 4 members (excludes halogenated alkanes) is 1. The Bertz CT molecular complexity index is 2260. The number of anilines is 2. The van der Waals surface area contributed by atoms with E-state index in [2.05, 4.69) is 90.5 Å². The first-order chi connectivity index (χ1) is 23.9. The van der Waals surface area contributed by atoms with E-state index in [0.717, 1.165) is 54.2 Å². The average molecular weight is 693 g/mol. The van der Waals surface area contributed by atoms with Gasteiger partial charge in [-0.1, -0.05) is 97.5 Å². The maximum absolute atomic E-state index is 14.4. The molecule has 0 saturated heterocycles. The van der Waals surface area contributed by atoms with Crippen molar-refractivity contribution in [2.45, 2.75) is 54.9 Å². The van der Waals surface area contributed by atoms with Crippen LogP contribution in [0.1, 0.15) is 32.3 Å². The van der Waals surface area contributed by atoms with Gasteiger partial charge in [0.1, 0.15) is 5.56 Å². The van der Waals surface area contributed by atoms with Crippen LogP contribution in [-0.2, 0) is 17.8 Å². The van der Waals surface area contributed by atoms with Gasteiger partial charge >= 0.3 is 5.69 Å². The predicted octanol–water partition coefficient (Wildman–Crippen LogP) is 7.89. The number of aromatic nitrogens is 2. The zero-order valence-corrected chi connectivity index (χ0v) is 29.8. The topological polar surface area (TPSA) is 79.9 Å². The van der Waals surface area contributed by atoms with Crippen LogP contribution in [0.5, 0.6) is 5.88 Å². The van der Waals surface area contributed by atoms with Crippen LogP contribution in [0.25, 0.3) is 27.1 Å². The van der Waals surface area contributed by atoms with Gasteiger partial charge in [0.15, 0.2) is 0 Å². The molecule has 0 bridgehead atoms. The minimum atomic E-state index is -0.530. The molecule has 10 heteroatoms. The molecule has 0 spiro atoms. The number of nitrogens with zero attached hydrogens (tertiary/aromatic N) is 4. The normalized spacial score (nSPS) is 16.7. The Balaban J connectivity index is 1.44. The van der Waals surface area contributed by atoms with Gasteiger partial charge in [-0.05, 0) is 54.0 Å². The molecular formula is C39H40N4O4S2. The highest BCUT2D eigenvalue weighted by molar-refractivity contribution is 8.03. The molecule has 0 saturated carbocycles. The summed E-state index contributed by atoms with van der Waals surface area (Å²) in [4.78, 5) is 34.8. The average Bonchev–Trinajstić information content (AvgIpc) is 3.64. The van der Waals surface area contributed by atoms with E-state index < -0.39 is 11.2 Å². The Morgan fingerprint density at radius 2 is 1.55 bits per heavy atom. The van der Waals surface area contributed by atoms with Gasteiger partial charge in [0.2, 0.25) is 5.88 Å². The second kappa shape index (κ2) is 13.9. The van der Waals surface area contributed by atoms with E-state index in [1.807, 2.05) is 25.1 Å². The molecular weight excluding hydrogens is 653 g/mol. The van der Waals surface area contributed by atoms with Crippen LogP contribution in [0, 0.1) is 0 Å². The van der Waals surface area contributed by atoms with Crippen LogP contribution < -0.4 is 21.0 Å². The number of ether oxygens (including phenoxy) is 1. The summed E-state index contributed by atoms with van der Waals surface area (Å²) in [5.41, 5.74) is 1.90. The van der Waals surface area contributed by atoms with Gasteiger partial charge in [-0.25, -0.2) is 4.79 Å². The van der Waals surface area contributed by atoms with Gasteiger partial charge in [0, 0.05) is 47.8 Å². The molecule has 0 aliphatic carbocycles. The molecule has 1 aromatic heterocycles. The monoisotopic (exact) mass is 692 g/mol. The van der Waals surface area contributed by atoms with Crippen LogP contribution in [0.15, 0.2) is 109 Å². The molecule has 49 heavy (non-hydrogen) atoms. The van der Waals surface area contributed by atoms with Gasteiger partial charge in [0.25, 0.3) is 5.56 Å². The molecule has 1 N–H and O–H groups in total. The van der Waals surface area contributed by atoms with Crippen molar-refractivity contribution in [3.05, 3.63) is 116 Å². The predicted molar refractivity (Wildman–Crippen MR) is 204 cm³/mol. The quantitative estimate of drug-likeness (QED) is 0.158. The molecule has 1 atom stereocenters. The summed E-state index contributed by atoms with van der Waals surface area (Å²) in [6.07, 6.45) is 5.59. The minimum Gasteiger partial charge on any atom is -0.494 e. The number of benzene rings is 4. The highest BCUT2D eigenvalue weighted by Crippen LogP contribution is 2.51. The number of hydrogen-bond acceptors (Lipinski definition) is 8. The van der Waals surface area contributed by atoms with Crippen molar-refractivity contribution in [2.75, 3.05) is 37.1 Å². The summed E-state index contributed by atoms with van der Waals surface area (Å²) in [6.45, 7) is 5.44. The zero-order chi connectivity index (χ0) is 34.2. The summed E-state index contributed by atoms with van der Waals surface area (Å²) in [6, 6.07) is 25.3. The van der Waals surface area contributed by atoms with Gasteiger partial charge in [-0.2, -0.15) is 0 Å². The smallest absolute Gasteiger partial charge is 0.333 e. The zero-order valence-electron chi connectivity index (χ0n) is 28.2. The SMILES string of the molecule is CCCCn1c(O)c(C(=CC2Sc3ccc4ccccc4c3N2C)C=C2Sc3ccc4ccccc4c3N2CC)c(=O)n(CCOC)c1=O. The van der Waals surface area contributed by atoms with Crippen LogP contribution >= 0.6 is 23.5 Å². The summed E-state index contributed by atoms with van der Waals surface area (Å²) in [5, 5.41) is 17.3. The van der Waals surface area contributed by atoms with E-state index in [-0.39, 0.29) is 30.0 Å². The van der Waals surface area contributed by atoms with Crippen LogP contribution in [-0.4, -0.2) is 46.9 Å². The van der Waals surface area contributed by atoms with Gasteiger partial charge in [-0.15, -0.1) is 0 Å². The summed E-state index contributed by atoms with van der Waals surface area (Å²) < 4.78 is 7.84. The second-order valence-corrected chi connectivity index (χ2v) is 14.5. The summed E-state index contributed by atoms with van der Waals surface area (Å²) in [5.74, 6) is -0.303. The van der Waals surface area contributed by atoms with Crippen molar-refractivity contribution in [3.8, 4) is 5.88 Å². The number of allylic oxidation sites excluding steroid dienone is 2. The number of aromatic hydroxyl groups is 1. The molecule has 7 rings (SSSR count). The molecule has 0 radical (unpaired) electrons. The molecule has 5 aromatic rings. The maximum Gasteiger partial charge on any atom is 0.333 e. The molecule has 0 amide bonds. The molecule has 252 valence electrons. The van der Waals surface area contributed by atoms with Crippen LogP contribution in [0.3, 0.4) is 0 Å². The lowest BCUT2D eigenvalue weighted by Gasteiger charge is -2.23. The lowest BCUT2D eigenvalue weighted by atomic mass is 10.1. The van der Waals surface area contributed by atoms with Crippen LogP contribution in [0.2, 0.25) is 0 Å². The van der Waals surface area contributed by atoms with E-state index >= 15 is 0 Å². The third-order valence-electron chi connectivity index (χ3n) is 9.32. The Hall–Kier alpha value is -4.38. The van der Waals surface area contributed by atoms with Crippen molar-refractivity contribution in [2.24, 2.45) is 0 Å². The lowest BCUT2D eigenvalue weighted by molar-refractivity contribution is 0.183. The number of likely N-dealkylation sites (N-methyl/N-ethyl adjacent to an activating group) is 1. The Morgan fingerprint density at radius 1 is 0.878 bits per heavy atom. The minimum absolute atomic E-state index is 0.0835. The number of rotatable bonds is 10. The van der Waals surface area contributed by atoms with E-state index in [4.69, 9.17) is 4.74 Å². The molecule has 2 aliphatic rings. The Morgan fingerprint density at radius 3 is 2.22 bits per heavy atom. The third-order valence-corrected chi connectivity index (χ3v) is 11.7. The van der Waals surface area contributed by atoms with E-state index in [1.165, 1.54) is 9.13 Å². The lowest BCUT2D eigenvalue weighted by Crippen LogP contribution is -2.42. The van der Waals surface area contributed by atoms with E-state index in [0.29, 0.717) is 25.1 Å². The van der Waals surface area contributed by atoms with Crippen molar-refractivity contribution in [1.29, 1.82) is 0 Å². The highest BCUT2D eigenvalue weighted by Gasteiger charge is 2.32. The largest absolute Gasteiger partial charge is 0.494 e. The summed E-state index contributed by atoms with van der Waals surface area (Å²) >= 11 is 3.36. The fourth-order valence-corrected chi connectivity index (χ4v) is 9.25. The van der Waals surface area contributed by atoms with E-state index in [9.17, 15) is 14.7 Å². The number of fused-ring (bicyclic) bond motifs is 6. The standard InChI is InChI=1S/C39H40N4O4S2/c1-5-7-20-42-37(44)34(38(45)43(39(42)46)21-22-47-4)27(23-32-40(3)35-28-14-10-8-12-25(28)16-18-30(35)48-32)24-33-41(6-2)36-29-15-11-9-13-26(29)17-19-31(36)49-33/h8-19,23-24,32,44H,5-7,20-22H2,1-4H3. The van der Waals surface area contributed by atoms with Gasteiger partial charge in [-0.3, -0.25) is 13.9 Å². The highest BCUT2D eigenvalue weighted by atomic mass is 32.2. The molecule has 8 nitrogen and oxygen atoms in total. The number of hydrogen-bond donors (Lipinski definition) is 1. The van der Waals surface area contributed by atoms with Crippen LogP contribution in [0.4, 0.5) is 11.4 Å². The van der Waals surface area contributed by atoms with Crippen molar-refractivity contribution in [3.63, 3.8) is 0 Å². The maximum atomic E-state index is 14.4. The fraction of sp³-hybridized carbons (Fsp3) is 0.282. The molecule has 0 fully saturated rings. The molecule has 4 aromatic carbocycles. The van der Waals surface area contributed by atoms with Gasteiger partial charge < -0.3 is 19.6 Å². The van der Waals surface area contributed by atoms with Crippen molar-refractivity contribution < 1.29 is 9.84 Å². The fourth-order valence-electron chi connectivity index (χ4n) is 6.80. The Labute approximate surface area is 294 Å². The third kappa shape index (κ3) is 5.85. The first-order valence-corrected chi connectivity index (χ1v) is 18.4. The molecule has 3 heterocycles. The van der Waals surface area contributed by atoms with E-state index in [1.54, 1.807) is 30.6 Å². The molecule has 1 unspecified atom stereocenters. The van der Waals surface area contributed by atoms with Gasteiger partial charge in [0.05, 0.1) is 34.9 Å². The Kier molecular flexibility index (Phi) is 9.37. The summed E-state index contributed by atoms with van der Waals surface area (Å²) in [7, 11) is 3.62. The first-order valence-electron chi connectivity index (χ1n) is 16.7. The number of thioether (sulfide) groups is 2. The second-order valence-electron chi connectivity index (χ2n) is 12.3. The number of methoxy groups -OCH3 is 1. The van der Waals surface area contributed by atoms with Crippen molar-refractivity contribution in [1.82, 2.24) is 9.13 Å². The first kappa shape index (κ1) is 33.1. The van der Waals surface area contributed by atoms with Crippen molar-refractivity contribution >= 4 is 62.0 Å².